The average molecular weight is 399 g/mol. The van der Waals surface area contributed by atoms with Gasteiger partial charge in [-0.1, -0.05) is 30.3 Å². The van der Waals surface area contributed by atoms with Gasteiger partial charge in [-0.3, -0.25) is 9.59 Å². The van der Waals surface area contributed by atoms with Gasteiger partial charge in [0.25, 0.3) is 11.8 Å². The Kier molecular flexibility index (Phi) is 4.73. The lowest BCUT2D eigenvalue weighted by atomic mass is 10.1. The number of nitrogens with zero attached hydrogens (tertiary/aromatic N) is 4. The Balaban J connectivity index is 1.55. The van der Waals surface area contributed by atoms with Crippen LogP contribution >= 0.6 is 0 Å². The van der Waals surface area contributed by atoms with E-state index in [0.29, 0.717) is 17.7 Å². The van der Waals surface area contributed by atoms with Gasteiger partial charge in [0.15, 0.2) is 5.65 Å². The van der Waals surface area contributed by atoms with Gasteiger partial charge < -0.3 is 15.2 Å². The molecule has 7 nitrogen and oxygen atoms in total. The minimum absolute atomic E-state index is 0.0924. The summed E-state index contributed by atoms with van der Waals surface area (Å²) < 4.78 is 29.3. The van der Waals surface area contributed by atoms with E-state index in [1.54, 1.807) is 6.33 Å². The molecule has 1 aliphatic rings. The minimum atomic E-state index is -3.15. The Morgan fingerprint density at radius 3 is 2.69 bits per heavy atom. The van der Waals surface area contributed by atoms with Gasteiger partial charge in [-0.15, -0.1) is 0 Å². The molecule has 1 aliphatic heterocycles. The van der Waals surface area contributed by atoms with Gasteiger partial charge in [0.2, 0.25) is 5.91 Å². The third kappa shape index (κ3) is 3.80. The molecule has 150 valence electrons. The molecule has 29 heavy (non-hydrogen) atoms. The van der Waals surface area contributed by atoms with Crippen LogP contribution in [0.3, 0.4) is 0 Å². The second-order valence-electron chi connectivity index (χ2n) is 7.15. The highest BCUT2D eigenvalue weighted by atomic mass is 19.3. The highest BCUT2D eigenvalue weighted by Crippen LogP contribution is 2.33. The fourth-order valence-corrected chi connectivity index (χ4v) is 3.57. The lowest BCUT2D eigenvalue weighted by Gasteiger charge is -2.21. The first kappa shape index (κ1) is 19.0. The Morgan fingerprint density at radius 2 is 1.97 bits per heavy atom. The summed E-state index contributed by atoms with van der Waals surface area (Å²) >= 11 is 0. The lowest BCUT2D eigenvalue weighted by molar-refractivity contribution is -0.121. The van der Waals surface area contributed by atoms with E-state index in [9.17, 15) is 18.4 Å². The molecule has 1 fully saturated rings. The highest BCUT2D eigenvalue weighted by Gasteiger charge is 2.49. The number of hydrogen-bond acceptors (Lipinski definition) is 4. The predicted octanol–water partition coefficient (Wildman–Crippen LogP) is 2.01. The first-order chi connectivity index (χ1) is 13.8. The lowest BCUT2D eigenvalue weighted by Crippen LogP contribution is -2.43. The predicted molar refractivity (Wildman–Crippen MR) is 101 cm³/mol. The van der Waals surface area contributed by atoms with E-state index >= 15 is 0 Å². The summed E-state index contributed by atoms with van der Waals surface area (Å²) in [6, 6.07) is 10.1. The summed E-state index contributed by atoms with van der Waals surface area (Å²) in [4.78, 5) is 33.6. The number of carbonyl (C=O) groups excluding carboxylic acids is 2. The molecule has 2 amide bonds. The summed E-state index contributed by atoms with van der Waals surface area (Å²) in [6.07, 6.45) is 2.97. The number of carbonyl (C=O) groups is 2. The number of aryl methyl sites for hydroxylation is 2. The molecule has 4 rings (SSSR count). The maximum atomic E-state index is 13.7. The van der Waals surface area contributed by atoms with E-state index in [-0.39, 0.29) is 5.56 Å². The van der Waals surface area contributed by atoms with Gasteiger partial charge in [-0.2, -0.15) is 0 Å². The Morgan fingerprint density at radius 1 is 1.21 bits per heavy atom. The van der Waals surface area contributed by atoms with E-state index in [4.69, 9.17) is 5.73 Å². The minimum Gasteiger partial charge on any atom is -0.368 e. The molecule has 1 saturated heterocycles. The number of likely N-dealkylation sites (tertiary alicyclic amines) is 1. The molecule has 9 heteroatoms. The summed E-state index contributed by atoms with van der Waals surface area (Å²) in [5.41, 5.74) is 7.54. The molecule has 3 heterocycles. The third-order valence-corrected chi connectivity index (χ3v) is 5.05. The smallest absolute Gasteiger partial charge is 0.267 e. The molecular formula is C20H19F2N5O2. The maximum absolute atomic E-state index is 13.7. The molecule has 0 aliphatic carbocycles. The monoisotopic (exact) mass is 399 g/mol. The quantitative estimate of drug-likeness (QED) is 0.710. The zero-order valence-electron chi connectivity index (χ0n) is 15.5. The number of rotatable bonds is 5. The standard InChI is InChI=1S/C20H19F2N5O2/c21-20(22)9-16(17(23)28)27(11-20)19(29)14-8-15-18(24-10-14)26(12-25-15)7-6-13-4-2-1-3-5-13/h1-5,8,10,12,16H,6-7,9,11H2,(H2,23,28)/t16-/m0/s1. The summed E-state index contributed by atoms with van der Waals surface area (Å²) in [6.45, 7) is -0.189. The zero-order valence-corrected chi connectivity index (χ0v) is 15.5. The third-order valence-electron chi connectivity index (χ3n) is 5.05. The van der Waals surface area contributed by atoms with Crippen LogP contribution < -0.4 is 5.73 Å². The van der Waals surface area contributed by atoms with E-state index < -0.39 is 36.7 Å². The molecule has 3 aromatic rings. The van der Waals surface area contributed by atoms with Gasteiger partial charge in [-0.05, 0) is 18.1 Å². The normalized spacial score (nSPS) is 18.3. The highest BCUT2D eigenvalue weighted by molar-refractivity contribution is 5.99. The number of benzene rings is 1. The number of imidazole rings is 1. The number of primary amides is 1. The molecule has 0 saturated carbocycles. The van der Waals surface area contributed by atoms with Crippen molar-refractivity contribution in [2.45, 2.75) is 31.4 Å². The first-order valence-electron chi connectivity index (χ1n) is 9.17. The number of aromatic nitrogens is 3. The van der Waals surface area contributed by atoms with Crippen molar-refractivity contribution in [1.29, 1.82) is 0 Å². The van der Waals surface area contributed by atoms with Crippen LogP contribution in [-0.2, 0) is 17.8 Å². The van der Waals surface area contributed by atoms with E-state index in [2.05, 4.69) is 9.97 Å². The van der Waals surface area contributed by atoms with Crippen molar-refractivity contribution in [2.24, 2.45) is 5.73 Å². The molecule has 2 aromatic heterocycles. The first-order valence-corrected chi connectivity index (χ1v) is 9.17. The largest absolute Gasteiger partial charge is 0.368 e. The molecule has 1 atom stereocenters. The fourth-order valence-electron chi connectivity index (χ4n) is 3.57. The van der Waals surface area contributed by atoms with Crippen molar-refractivity contribution in [3.05, 3.63) is 60.0 Å². The van der Waals surface area contributed by atoms with Crippen LogP contribution in [0.4, 0.5) is 8.78 Å². The molecular weight excluding hydrogens is 380 g/mol. The fraction of sp³-hybridized carbons (Fsp3) is 0.300. The number of fused-ring (bicyclic) bond motifs is 1. The van der Waals surface area contributed by atoms with Crippen molar-refractivity contribution < 1.29 is 18.4 Å². The number of alkyl halides is 2. The molecule has 0 spiro atoms. The van der Waals surface area contributed by atoms with E-state index in [1.807, 2.05) is 34.9 Å². The number of halogens is 2. The van der Waals surface area contributed by atoms with Crippen molar-refractivity contribution in [1.82, 2.24) is 19.4 Å². The van der Waals surface area contributed by atoms with Crippen LogP contribution in [0.5, 0.6) is 0 Å². The number of pyridine rings is 1. The van der Waals surface area contributed by atoms with Gasteiger partial charge in [0.1, 0.15) is 11.6 Å². The van der Waals surface area contributed by atoms with Gasteiger partial charge >= 0.3 is 0 Å². The number of amides is 2. The Hall–Kier alpha value is -3.36. The summed E-state index contributed by atoms with van der Waals surface area (Å²) in [5, 5.41) is 0. The Bertz CT molecular complexity index is 1070. The second-order valence-corrected chi connectivity index (χ2v) is 7.15. The zero-order chi connectivity index (χ0) is 20.6. The van der Waals surface area contributed by atoms with Crippen molar-refractivity contribution in [3.8, 4) is 0 Å². The second kappa shape index (κ2) is 7.23. The molecule has 0 bridgehead atoms. The van der Waals surface area contributed by atoms with Crippen LogP contribution in [-0.4, -0.2) is 49.8 Å². The summed E-state index contributed by atoms with van der Waals surface area (Å²) in [5.74, 6) is -4.81. The van der Waals surface area contributed by atoms with E-state index in [0.717, 1.165) is 11.3 Å². The molecule has 0 unspecified atom stereocenters. The Labute approximate surface area is 165 Å². The van der Waals surface area contributed by atoms with Crippen LogP contribution in [0.25, 0.3) is 11.2 Å². The van der Waals surface area contributed by atoms with Crippen LogP contribution in [0, 0.1) is 0 Å². The summed E-state index contributed by atoms with van der Waals surface area (Å²) in [7, 11) is 0. The molecule has 2 N–H and O–H groups in total. The van der Waals surface area contributed by atoms with Crippen molar-refractivity contribution in [2.75, 3.05) is 6.54 Å². The average Bonchev–Trinajstić information content (AvgIpc) is 3.26. The van der Waals surface area contributed by atoms with Crippen LogP contribution in [0.2, 0.25) is 0 Å². The number of nitrogens with two attached hydrogens (primary N) is 1. The molecule has 0 radical (unpaired) electrons. The maximum Gasteiger partial charge on any atom is 0.267 e. The number of hydrogen-bond donors (Lipinski definition) is 1. The topological polar surface area (TPSA) is 94.1 Å². The van der Waals surface area contributed by atoms with Crippen molar-refractivity contribution in [3.63, 3.8) is 0 Å². The van der Waals surface area contributed by atoms with Gasteiger partial charge in [0, 0.05) is 19.2 Å². The SMILES string of the molecule is NC(=O)[C@@H]1CC(F)(F)CN1C(=O)c1cnc2c(c1)ncn2CCc1ccccc1. The van der Waals surface area contributed by atoms with Crippen LogP contribution in [0.15, 0.2) is 48.9 Å². The van der Waals surface area contributed by atoms with Crippen LogP contribution in [0.1, 0.15) is 22.3 Å². The molecule has 1 aromatic carbocycles. The van der Waals surface area contributed by atoms with Crippen molar-refractivity contribution >= 4 is 23.0 Å². The van der Waals surface area contributed by atoms with E-state index in [1.165, 1.54) is 17.8 Å². The van der Waals surface area contributed by atoms with Gasteiger partial charge in [0.05, 0.1) is 18.4 Å². The van der Waals surface area contributed by atoms with Gasteiger partial charge in [-0.25, -0.2) is 18.7 Å².